The van der Waals surface area contributed by atoms with Crippen LogP contribution in [0.2, 0.25) is 0 Å². The van der Waals surface area contributed by atoms with Gasteiger partial charge in [0.2, 0.25) is 5.72 Å². The largest absolute Gasteiger partial charge is 1.00 e. The van der Waals surface area contributed by atoms with Crippen LogP contribution in [0.1, 0.15) is 135 Å². The predicted molar refractivity (Wildman–Crippen MR) is 231 cm³/mol. The predicted octanol–water partition coefficient (Wildman–Crippen LogP) is 3.90. The minimum atomic E-state index is -4.88. The number of phenols is 1. The third-order valence-electron chi connectivity index (χ3n) is 15.0. The number of phenolic OH excluding ortho intramolecular Hbond substituents is 1. The summed E-state index contributed by atoms with van der Waals surface area (Å²) in [6, 6.07) is 18.9. The number of ether oxygens (including phenoxy) is 2. The summed E-state index contributed by atoms with van der Waals surface area (Å²) >= 11 is 0. The third-order valence-corrected chi connectivity index (χ3v) is 16.3. The van der Waals surface area contributed by atoms with Crippen molar-refractivity contribution in [3.8, 4) is 23.3 Å². The molecule has 10 bridgehead atoms. The fraction of sp³-hybridized carbons (Fsp3) is 0.531. The number of nitrogens with zero attached hydrogens (tertiary/aromatic N) is 1. The second kappa shape index (κ2) is 17.9. The molecule has 1 saturated heterocycles. The first kappa shape index (κ1) is 45.2. The average molecular weight is 872 g/mol. The quantitative estimate of drug-likeness (QED) is 0.0605. The van der Waals surface area contributed by atoms with Gasteiger partial charge in [0.05, 0.1) is 27.1 Å². The molecule has 0 spiro atoms. The molecule has 11 nitrogen and oxygen atoms in total. The summed E-state index contributed by atoms with van der Waals surface area (Å²) in [7, 11) is -4.88. The summed E-state index contributed by atoms with van der Waals surface area (Å²) in [4.78, 5) is 4.84. The van der Waals surface area contributed by atoms with Crippen molar-refractivity contribution in [1.29, 1.82) is 0 Å². The Bertz CT molecular complexity index is 2380. The number of hydrogen-bond acceptors (Lipinski definition) is 9. The molecule has 7 N–H and O–H groups in total. The molecule has 62 heavy (non-hydrogen) atoms. The van der Waals surface area contributed by atoms with Crippen LogP contribution in [0.15, 0.2) is 77.3 Å². The minimum absolute atomic E-state index is 0. The summed E-state index contributed by atoms with van der Waals surface area (Å²) < 4.78 is 56.0. The molecule has 11 rings (SSSR count). The number of rotatable bonds is 6. The van der Waals surface area contributed by atoms with Gasteiger partial charge in [0.25, 0.3) is 0 Å². The molecular weight excluding hydrogens is 814 g/mol. The number of hydrogen-bond donors (Lipinski definition) is 5. The number of benzene rings is 3. The number of aliphatic hydroxyl groups excluding tert-OH is 1. The van der Waals surface area contributed by atoms with E-state index in [0.29, 0.717) is 68.2 Å². The molecule has 10 unspecified atom stereocenters. The van der Waals surface area contributed by atoms with Crippen LogP contribution < -0.4 is 45.8 Å². The van der Waals surface area contributed by atoms with E-state index >= 15 is 0 Å². The zero-order chi connectivity index (χ0) is 42.7. The van der Waals surface area contributed by atoms with Gasteiger partial charge < -0.3 is 40.8 Å². The molecule has 0 aromatic heterocycles. The van der Waals surface area contributed by atoms with Gasteiger partial charge in [-0.2, -0.15) is 0 Å². The van der Waals surface area contributed by atoms with Crippen molar-refractivity contribution in [2.75, 3.05) is 6.61 Å². The Labute approximate surface area is 387 Å². The molecule has 13 heteroatoms. The van der Waals surface area contributed by atoms with Gasteiger partial charge in [-0.15, -0.1) is 0 Å². The number of aliphatic imine (C=N–C) groups is 1. The number of aliphatic hydroxyl groups is 2. The monoisotopic (exact) mass is 871 g/mol. The van der Waals surface area contributed by atoms with E-state index in [2.05, 4.69) is 18.8 Å². The maximum Gasteiger partial charge on any atom is 1.00 e. The SMILES string of the molecule is CC1CCc2cc3ccc2C1CC(S(=O)(=O)[O-])C1C=C2CC(CC4CC(CO)CC#Cc5cc(O)ccc5C2O4)C1c1ccc(cc1)C(CCC1(O)CCCC1)(N=C(N)N)O3.[Na+]. The molecule has 0 radical (unpaired) electrons. The van der Waals surface area contributed by atoms with Gasteiger partial charge in [-0.05, 0) is 140 Å². The summed E-state index contributed by atoms with van der Waals surface area (Å²) in [5, 5.41) is 31.4. The second-order valence-electron chi connectivity index (χ2n) is 19.0. The Balaban J connectivity index is 0.00000529. The van der Waals surface area contributed by atoms with E-state index in [-0.39, 0.29) is 90.0 Å². The molecule has 8 aliphatic rings. The Morgan fingerprint density at radius 3 is 2.48 bits per heavy atom. The maximum absolute atomic E-state index is 14.0. The molecule has 3 aromatic carbocycles. The molecule has 5 heterocycles. The van der Waals surface area contributed by atoms with E-state index in [4.69, 9.17) is 25.9 Å². The number of allylic oxidation sites excluding steroid dienone is 1. The van der Waals surface area contributed by atoms with Gasteiger partial charge in [-0.25, -0.2) is 13.4 Å². The standard InChI is InChI=1S/C49H59N3O8S.Na/c1-29-7-8-33-24-38-14-16-40(33)42(29)27-44(61(56,57)58)43-26-35-22-34(25-39-21-30(28-53)5-4-6-32-23-37(54)13-15-41(32)46(35)59-39)45(43)31-9-11-36(12-10-31)49(60-38,52-47(50)51)20-19-48(55)17-2-3-18-48;/h9-16,23-24,26,29-30,34,39,42-46,53-55H,2-3,5,7-8,17-22,25,27-28H2,1H3,(H4,50,51,52)(H,56,57,58);/q;+1/p-1. The third kappa shape index (κ3) is 8.99. The Hall–Kier alpha value is -3.38. The van der Waals surface area contributed by atoms with E-state index in [1.54, 1.807) is 12.1 Å². The van der Waals surface area contributed by atoms with Crippen molar-refractivity contribution in [2.45, 2.75) is 131 Å². The van der Waals surface area contributed by atoms with Crippen LogP contribution in [-0.4, -0.2) is 57.8 Å². The van der Waals surface area contributed by atoms with Crippen LogP contribution >= 0.6 is 0 Å². The van der Waals surface area contributed by atoms with Gasteiger partial charge in [-0.1, -0.05) is 74.1 Å². The van der Waals surface area contributed by atoms with E-state index in [9.17, 15) is 28.3 Å². The molecule has 324 valence electrons. The molecular formula is C49H58N3NaO8S. The first-order chi connectivity index (χ1) is 29.2. The van der Waals surface area contributed by atoms with Crippen LogP contribution in [0.5, 0.6) is 11.5 Å². The van der Waals surface area contributed by atoms with Crippen molar-refractivity contribution < 1.29 is 67.3 Å². The topological polar surface area (TPSA) is 201 Å². The minimum Gasteiger partial charge on any atom is -0.748 e. The van der Waals surface area contributed by atoms with Crippen molar-refractivity contribution in [3.05, 3.63) is 106 Å². The van der Waals surface area contributed by atoms with Gasteiger partial charge in [0, 0.05) is 36.1 Å². The maximum atomic E-state index is 14.0. The number of aryl methyl sites for hydroxylation is 1. The first-order valence-corrected chi connectivity index (χ1v) is 23.7. The molecule has 10 atom stereocenters. The van der Waals surface area contributed by atoms with E-state index in [1.165, 1.54) is 0 Å². The number of nitrogens with two attached hydrogens (primary N) is 2. The van der Waals surface area contributed by atoms with E-state index in [0.717, 1.165) is 53.5 Å². The number of guanidine groups is 1. The second-order valence-corrected chi connectivity index (χ2v) is 20.6. The summed E-state index contributed by atoms with van der Waals surface area (Å²) in [6.45, 7) is 2.08. The van der Waals surface area contributed by atoms with Crippen molar-refractivity contribution in [3.63, 3.8) is 0 Å². The molecule has 5 aliphatic heterocycles. The number of fused-ring (bicyclic) bond motifs is 9. The molecule has 0 amide bonds. The van der Waals surface area contributed by atoms with Crippen molar-refractivity contribution >= 4 is 16.1 Å². The van der Waals surface area contributed by atoms with Crippen molar-refractivity contribution in [2.24, 2.45) is 40.1 Å². The van der Waals surface area contributed by atoms with E-state index in [1.807, 2.05) is 54.6 Å². The van der Waals surface area contributed by atoms with Crippen LogP contribution in [0, 0.1) is 35.5 Å². The van der Waals surface area contributed by atoms with Gasteiger partial charge in [0.15, 0.2) is 5.96 Å². The van der Waals surface area contributed by atoms with Crippen LogP contribution in [-0.2, 0) is 27.0 Å². The molecule has 3 aromatic rings. The van der Waals surface area contributed by atoms with Gasteiger partial charge in [0.1, 0.15) is 17.6 Å². The normalized spacial score (nSPS) is 32.1. The molecule has 1 saturated carbocycles. The molecule has 3 aliphatic carbocycles. The first-order valence-electron chi connectivity index (χ1n) is 22.2. The Morgan fingerprint density at radius 2 is 1.76 bits per heavy atom. The molecule has 2 fully saturated rings. The Morgan fingerprint density at radius 1 is 1.00 bits per heavy atom. The number of aromatic hydroxyl groups is 1. The van der Waals surface area contributed by atoms with Gasteiger partial charge >= 0.3 is 29.6 Å². The van der Waals surface area contributed by atoms with Crippen molar-refractivity contribution in [1.82, 2.24) is 0 Å². The fourth-order valence-corrected chi connectivity index (χ4v) is 13.0. The van der Waals surface area contributed by atoms with E-state index < -0.39 is 38.7 Å². The fourth-order valence-electron chi connectivity index (χ4n) is 11.9. The smallest absolute Gasteiger partial charge is 0.748 e. The zero-order valence-electron chi connectivity index (χ0n) is 35.8. The van der Waals surface area contributed by atoms with Crippen LogP contribution in [0.3, 0.4) is 0 Å². The zero-order valence-corrected chi connectivity index (χ0v) is 38.7. The van der Waals surface area contributed by atoms with Gasteiger partial charge in [-0.3, -0.25) is 0 Å². The summed E-state index contributed by atoms with van der Waals surface area (Å²) in [5.74, 6) is 5.51. The average Bonchev–Trinajstić information content (AvgIpc) is 3.61. The Kier molecular flexibility index (Phi) is 13.0. The summed E-state index contributed by atoms with van der Waals surface area (Å²) in [6.07, 6.45) is 9.05. The van der Waals surface area contributed by atoms with Crippen LogP contribution in [0.4, 0.5) is 0 Å². The summed E-state index contributed by atoms with van der Waals surface area (Å²) in [5.41, 5.74) is 16.1. The van der Waals surface area contributed by atoms with Crippen LogP contribution in [0.25, 0.3) is 0 Å².